The Morgan fingerprint density at radius 3 is 2.30 bits per heavy atom. The van der Waals surface area contributed by atoms with E-state index < -0.39 is 12.0 Å². The van der Waals surface area contributed by atoms with E-state index in [1.54, 1.807) is 25.3 Å². The number of para-hydroxylation sites is 1. The molecule has 2 aliphatic heterocycles. The molecule has 5 rings (SSSR count). The van der Waals surface area contributed by atoms with Crippen molar-refractivity contribution in [1.29, 1.82) is 0 Å². The predicted molar refractivity (Wildman–Crippen MR) is 154 cm³/mol. The summed E-state index contributed by atoms with van der Waals surface area (Å²) in [5.74, 6) is -0.712. The topological polar surface area (TPSA) is 65.0 Å². The molecule has 3 aromatic carbocycles. The fourth-order valence-corrected chi connectivity index (χ4v) is 6.11. The number of allylic oxidation sites excluding steroid dienone is 1. The number of fused-ring (bicyclic) bond motifs is 1. The number of hydrogen-bond acceptors (Lipinski definition) is 6. The molecule has 0 radical (unpaired) electrons. The second-order valence-electron chi connectivity index (χ2n) is 7.95. The third kappa shape index (κ3) is 5.64. The van der Waals surface area contributed by atoms with Crippen molar-refractivity contribution in [3.05, 3.63) is 117 Å². The molecule has 1 unspecified atom stereocenters. The van der Waals surface area contributed by atoms with Crippen LogP contribution in [0.3, 0.4) is 0 Å². The van der Waals surface area contributed by atoms with Crippen LogP contribution in [0.25, 0.3) is 4.91 Å². The lowest BCUT2D eigenvalue weighted by Gasteiger charge is -2.36. The van der Waals surface area contributed by atoms with Gasteiger partial charge in [-0.05, 0) is 35.5 Å². The fourth-order valence-electron chi connectivity index (χ4n) is 4.30. The summed E-state index contributed by atoms with van der Waals surface area (Å²) in [5.41, 5.74) is 2.84. The van der Waals surface area contributed by atoms with Crippen molar-refractivity contribution >= 4 is 75.8 Å². The number of benzene rings is 3. The Morgan fingerprint density at radius 2 is 1.65 bits per heavy atom. The summed E-state index contributed by atoms with van der Waals surface area (Å²) < 4.78 is 5.61. The van der Waals surface area contributed by atoms with Crippen LogP contribution in [-0.2, 0) is 11.2 Å². The van der Waals surface area contributed by atoms with Crippen molar-refractivity contribution in [1.82, 2.24) is 4.90 Å². The van der Waals surface area contributed by atoms with E-state index in [9.17, 15) is 9.90 Å². The Bertz CT molecular complexity index is 1390. The number of aliphatic imine (C=N–C) groups is 1. The number of amidine groups is 1. The second-order valence-corrected chi connectivity index (χ2v) is 9.77. The molecule has 10 heteroatoms. The number of methoxy groups -OCH3 is 1. The Hall–Kier alpha value is -2.61. The second kappa shape index (κ2) is 12.3. The molecule has 2 aliphatic rings. The highest BCUT2D eigenvalue weighted by Crippen LogP contribution is 2.50. The van der Waals surface area contributed by atoms with E-state index in [1.165, 1.54) is 11.8 Å². The van der Waals surface area contributed by atoms with Gasteiger partial charge in [0.15, 0.2) is 5.17 Å². The number of aliphatic carboxylic acids is 1. The van der Waals surface area contributed by atoms with Crippen molar-refractivity contribution in [3.63, 3.8) is 0 Å². The highest BCUT2D eigenvalue weighted by atomic mass is 35.5. The normalized spacial score (nSPS) is 16.2. The van der Waals surface area contributed by atoms with Crippen LogP contribution < -0.4 is 9.84 Å². The molecule has 1 atom stereocenters. The molecule has 3 aromatic rings. The fraction of sp³-hybridized carbons (Fsp3) is 0.111. The summed E-state index contributed by atoms with van der Waals surface area (Å²) >= 11 is 14.4. The van der Waals surface area contributed by atoms with Crippen molar-refractivity contribution in [3.8, 4) is 5.75 Å². The smallest absolute Gasteiger partial charge is 0.173 e. The number of halogens is 4. The van der Waals surface area contributed by atoms with Crippen molar-refractivity contribution < 1.29 is 14.6 Å². The first kappa shape index (κ1) is 29.0. The molecule has 0 bridgehead atoms. The van der Waals surface area contributed by atoms with Crippen LogP contribution in [0.1, 0.15) is 22.7 Å². The average Bonchev–Trinajstić information content (AvgIpc) is 3.26. The minimum Gasteiger partial charge on any atom is -0.545 e. The van der Waals surface area contributed by atoms with Gasteiger partial charge in [-0.1, -0.05) is 77.8 Å². The van der Waals surface area contributed by atoms with Crippen LogP contribution in [0.4, 0.5) is 0 Å². The van der Waals surface area contributed by atoms with Crippen LogP contribution in [-0.4, -0.2) is 23.1 Å². The average molecular weight is 595 g/mol. The number of thioether (sulfide) groups is 1. The molecule has 0 N–H and O–H groups in total. The Balaban J connectivity index is 0.00000190. The van der Waals surface area contributed by atoms with Gasteiger partial charge < -0.3 is 19.5 Å². The molecule has 0 fully saturated rings. The highest BCUT2D eigenvalue weighted by Gasteiger charge is 2.39. The summed E-state index contributed by atoms with van der Waals surface area (Å²) in [7, 11) is 1.56. The molecule has 37 heavy (non-hydrogen) atoms. The minimum atomic E-state index is -1.28. The van der Waals surface area contributed by atoms with Gasteiger partial charge >= 0.3 is 0 Å². The number of hydrogen-bond donors (Lipinski definition) is 0. The summed E-state index contributed by atoms with van der Waals surface area (Å²) in [5, 5.41) is 14.2. The van der Waals surface area contributed by atoms with Gasteiger partial charge in [-0.3, -0.25) is 0 Å². The van der Waals surface area contributed by atoms with Gasteiger partial charge in [0.05, 0.1) is 34.9 Å². The van der Waals surface area contributed by atoms with Gasteiger partial charge in [0, 0.05) is 34.2 Å². The molecule has 5 nitrogen and oxygen atoms in total. The molecule has 0 saturated carbocycles. The van der Waals surface area contributed by atoms with Crippen LogP contribution >= 0.6 is 59.8 Å². The number of ether oxygens (including phenoxy) is 1. The number of carbonyl (C=O) groups excluding carboxylic acids is 1. The molecule has 0 amide bonds. The SMILES string of the molecule is COc1ccccc1C1C(C(=O)[O-])=C(Cc2ccccc2)N=C2SC(c3c(Cl)cccc3Cl)=CN21.Cl.Cl. The molecule has 192 valence electrons. The van der Waals surface area contributed by atoms with Crippen LogP contribution in [0.5, 0.6) is 5.75 Å². The number of rotatable bonds is 6. The lowest BCUT2D eigenvalue weighted by molar-refractivity contribution is -0.300. The zero-order valence-electron chi connectivity index (χ0n) is 19.4. The molecule has 0 spiro atoms. The number of carboxylic acids is 1. The zero-order valence-corrected chi connectivity index (χ0v) is 23.4. The Morgan fingerprint density at radius 1 is 1.00 bits per heavy atom. The lowest BCUT2D eigenvalue weighted by Crippen LogP contribution is -2.39. The van der Waals surface area contributed by atoms with Crippen LogP contribution in [0.15, 0.2) is 95.3 Å². The van der Waals surface area contributed by atoms with Crippen LogP contribution in [0.2, 0.25) is 10.0 Å². The summed E-state index contributed by atoms with van der Waals surface area (Å²) in [6, 6.07) is 21.6. The zero-order chi connectivity index (χ0) is 24.5. The lowest BCUT2D eigenvalue weighted by atomic mass is 9.92. The van der Waals surface area contributed by atoms with Crippen molar-refractivity contribution in [2.24, 2.45) is 4.99 Å². The van der Waals surface area contributed by atoms with Crippen LogP contribution in [0, 0.1) is 0 Å². The van der Waals surface area contributed by atoms with E-state index in [0.717, 1.165) is 10.5 Å². The number of carboxylic acid groups (broad SMARTS) is 1. The molecule has 2 heterocycles. The quantitative estimate of drug-likeness (QED) is 0.324. The van der Waals surface area contributed by atoms with Gasteiger partial charge in [0.1, 0.15) is 5.75 Å². The molecule has 0 aromatic heterocycles. The first-order chi connectivity index (χ1) is 17.0. The van der Waals surface area contributed by atoms with E-state index in [4.69, 9.17) is 32.9 Å². The van der Waals surface area contributed by atoms with Gasteiger partial charge in [-0.15, -0.1) is 24.8 Å². The maximum Gasteiger partial charge on any atom is 0.173 e. The van der Waals surface area contributed by atoms with E-state index in [0.29, 0.717) is 44.2 Å². The molecule has 0 aliphatic carbocycles. The Labute approximate surface area is 241 Å². The first-order valence-electron chi connectivity index (χ1n) is 10.8. The molecular formula is C27H21Cl4N2O3S-. The summed E-state index contributed by atoms with van der Waals surface area (Å²) in [6.45, 7) is 0. The minimum absolute atomic E-state index is 0. The standard InChI is InChI=1S/C27H20Cl2N2O3S.2ClH/c1-34-21-13-6-5-10-17(21)25-24(26(32)33)20(14-16-8-3-2-4-9-16)30-27-31(25)15-22(35-27)23-18(28)11-7-12-19(23)29;;/h2-13,15,25H,14H2,1H3,(H,32,33);2*1H/p-1. The van der Waals surface area contributed by atoms with Crippen molar-refractivity contribution in [2.75, 3.05) is 7.11 Å². The molecular weight excluding hydrogens is 574 g/mol. The monoisotopic (exact) mass is 593 g/mol. The number of nitrogens with zero attached hydrogens (tertiary/aromatic N) is 2. The Kier molecular flexibility index (Phi) is 9.62. The van der Waals surface area contributed by atoms with E-state index in [-0.39, 0.29) is 30.4 Å². The van der Waals surface area contributed by atoms with E-state index >= 15 is 0 Å². The largest absolute Gasteiger partial charge is 0.545 e. The summed E-state index contributed by atoms with van der Waals surface area (Å²) in [4.78, 5) is 20.0. The van der Waals surface area contributed by atoms with Gasteiger partial charge in [0.2, 0.25) is 0 Å². The van der Waals surface area contributed by atoms with E-state index in [1.807, 2.05) is 65.7 Å². The number of carbonyl (C=O) groups is 1. The predicted octanol–water partition coefficient (Wildman–Crippen LogP) is 6.55. The maximum atomic E-state index is 12.6. The highest BCUT2D eigenvalue weighted by molar-refractivity contribution is 8.22. The van der Waals surface area contributed by atoms with Gasteiger partial charge in [-0.2, -0.15) is 0 Å². The van der Waals surface area contributed by atoms with Crippen molar-refractivity contribution in [2.45, 2.75) is 12.5 Å². The summed E-state index contributed by atoms with van der Waals surface area (Å²) in [6.07, 6.45) is 2.19. The van der Waals surface area contributed by atoms with Gasteiger partial charge in [-0.25, -0.2) is 4.99 Å². The van der Waals surface area contributed by atoms with Gasteiger partial charge in [0.25, 0.3) is 0 Å². The first-order valence-corrected chi connectivity index (χ1v) is 12.4. The third-order valence-corrected chi connectivity index (χ3v) is 7.49. The van der Waals surface area contributed by atoms with E-state index in [2.05, 4.69) is 0 Å². The third-order valence-electron chi connectivity index (χ3n) is 5.85. The molecule has 0 saturated heterocycles. The maximum absolute atomic E-state index is 12.6.